The van der Waals surface area contributed by atoms with Crippen molar-refractivity contribution >= 4 is 56.5 Å². The zero-order chi connectivity index (χ0) is 19.5. The highest BCUT2D eigenvalue weighted by Crippen LogP contribution is 2.33. The molecule has 2 aromatic carbocycles. The first-order chi connectivity index (χ1) is 12.1. The van der Waals surface area contributed by atoms with Gasteiger partial charge in [0.1, 0.15) is 5.75 Å². The molecule has 1 amide bonds. The Morgan fingerprint density at radius 2 is 1.92 bits per heavy atom. The summed E-state index contributed by atoms with van der Waals surface area (Å²) in [6.07, 6.45) is -4.50. The summed E-state index contributed by atoms with van der Waals surface area (Å²) in [5.74, 6) is 0.0488. The maximum atomic E-state index is 12.6. The van der Waals surface area contributed by atoms with Gasteiger partial charge in [0.25, 0.3) is 5.91 Å². The zero-order valence-electron chi connectivity index (χ0n) is 13.1. The van der Waals surface area contributed by atoms with Gasteiger partial charge in [-0.1, -0.05) is 11.6 Å². The molecule has 2 aromatic rings. The lowest BCUT2D eigenvalue weighted by molar-refractivity contribution is -0.137. The number of nitrogens with one attached hydrogen (secondary N) is 2. The minimum Gasteiger partial charge on any atom is -0.496 e. The highest BCUT2D eigenvalue weighted by molar-refractivity contribution is 9.10. The summed E-state index contributed by atoms with van der Waals surface area (Å²) in [7, 11) is 1.49. The van der Waals surface area contributed by atoms with E-state index >= 15 is 0 Å². The van der Waals surface area contributed by atoms with Crippen molar-refractivity contribution in [2.24, 2.45) is 0 Å². The van der Waals surface area contributed by atoms with Crippen molar-refractivity contribution < 1.29 is 22.7 Å². The van der Waals surface area contributed by atoms with Crippen LogP contribution in [0.3, 0.4) is 0 Å². The third-order valence-electron chi connectivity index (χ3n) is 3.19. The molecule has 0 heterocycles. The Hall–Kier alpha value is -1.84. The van der Waals surface area contributed by atoms with E-state index in [2.05, 4.69) is 26.6 Å². The fraction of sp³-hybridized carbons (Fsp3) is 0.125. The van der Waals surface area contributed by atoms with Crippen molar-refractivity contribution in [1.29, 1.82) is 0 Å². The van der Waals surface area contributed by atoms with Crippen molar-refractivity contribution in [2.45, 2.75) is 6.18 Å². The van der Waals surface area contributed by atoms with E-state index in [0.29, 0.717) is 15.8 Å². The molecule has 0 spiro atoms. The molecular formula is C16H11BrClF3N2O2S. The zero-order valence-corrected chi connectivity index (χ0v) is 16.2. The summed E-state index contributed by atoms with van der Waals surface area (Å²) in [6.45, 7) is 0. The van der Waals surface area contributed by atoms with Crippen LogP contribution in [-0.2, 0) is 6.18 Å². The third kappa shape index (κ3) is 5.09. The van der Waals surface area contributed by atoms with Gasteiger partial charge in [-0.05, 0) is 64.5 Å². The number of methoxy groups -OCH3 is 1. The van der Waals surface area contributed by atoms with E-state index in [1.165, 1.54) is 13.2 Å². The Morgan fingerprint density at radius 1 is 1.23 bits per heavy atom. The molecule has 0 radical (unpaired) electrons. The first-order valence-corrected chi connectivity index (χ1v) is 8.52. The summed E-state index contributed by atoms with van der Waals surface area (Å²) in [5, 5.41) is 4.73. The van der Waals surface area contributed by atoms with Crippen molar-refractivity contribution in [3.63, 3.8) is 0 Å². The quantitative estimate of drug-likeness (QED) is 0.605. The van der Waals surface area contributed by atoms with Gasteiger partial charge < -0.3 is 10.1 Å². The van der Waals surface area contributed by atoms with E-state index in [1.54, 1.807) is 12.1 Å². The van der Waals surface area contributed by atoms with E-state index in [9.17, 15) is 18.0 Å². The largest absolute Gasteiger partial charge is 0.496 e. The van der Waals surface area contributed by atoms with Gasteiger partial charge in [0.05, 0.1) is 27.9 Å². The van der Waals surface area contributed by atoms with Gasteiger partial charge in [-0.15, -0.1) is 0 Å². The Kier molecular flexibility index (Phi) is 6.48. The summed E-state index contributed by atoms with van der Waals surface area (Å²) in [5.41, 5.74) is -0.438. The summed E-state index contributed by atoms with van der Waals surface area (Å²) < 4.78 is 43.6. The van der Waals surface area contributed by atoms with E-state index in [4.69, 9.17) is 28.6 Å². The van der Waals surface area contributed by atoms with Gasteiger partial charge in [-0.2, -0.15) is 13.2 Å². The van der Waals surface area contributed by atoms with Gasteiger partial charge >= 0.3 is 6.18 Å². The number of rotatable bonds is 3. The van der Waals surface area contributed by atoms with E-state index in [1.807, 2.05) is 0 Å². The summed E-state index contributed by atoms with van der Waals surface area (Å²) in [4.78, 5) is 12.2. The number of alkyl halides is 3. The predicted octanol–water partition coefficient (Wildman–Crippen LogP) is 5.26. The van der Waals surface area contributed by atoms with Gasteiger partial charge in [0.15, 0.2) is 5.11 Å². The van der Waals surface area contributed by atoms with Gasteiger partial charge in [0.2, 0.25) is 0 Å². The van der Waals surface area contributed by atoms with Crippen molar-refractivity contribution in [1.82, 2.24) is 5.32 Å². The molecule has 2 rings (SSSR count). The lowest BCUT2D eigenvalue weighted by Gasteiger charge is -2.13. The number of anilines is 1. The van der Waals surface area contributed by atoms with Crippen LogP contribution in [-0.4, -0.2) is 18.1 Å². The van der Waals surface area contributed by atoms with E-state index < -0.39 is 17.6 Å². The number of thiocarbonyl (C=S) groups is 1. The van der Waals surface area contributed by atoms with Gasteiger partial charge in [0, 0.05) is 5.56 Å². The predicted molar refractivity (Wildman–Crippen MR) is 101 cm³/mol. The number of halogens is 5. The molecule has 26 heavy (non-hydrogen) atoms. The van der Waals surface area contributed by atoms with Crippen LogP contribution in [0.5, 0.6) is 5.75 Å². The number of ether oxygens (including phenoxy) is 1. The van der Waals surface area contributed by atoms with Crippen LogP contribution in [0.1, 0.15) is 15.9 Å². The standard InChI is InChI=1S/C16H11BrClF3N2O2S/c1-25-13-5-2-8(6-10(13)17)14(24)23-15(26)22-12-4-3-9(7-11(12)18)16(19,20)21/h2-7H,1H3,(H2,22,23,24,26). The first kappa shape index (κ1) is 20.5. The number of carbonyl (C=O) groups excluding carboxylic acids is 1. The van der Waals surface area contributed by atoms with Crippen LogP contribution < -0.4 is 15.4 Å². The van der Waals surface area contributed by atoms with E-state index in [-0.39, 0.29) is 15.8 Å². The molecule has 138 valence electrons. The van der Waals surface area contributed by atoms with Crippen LogP contribution in [0.15, 0.2) is 40.9 Å². The molecule has 0 fully saturated rings. The molecule has 0 aliphatic rings. The average Bonchev–Trinajstić information content (AvgIpc) is 2.55. The van der Waals surface area contributed by atoms with Crippen LogP contribution in [0, 0.1) is 0 Å². The third-order valence-corrected chi connectivity index (χ3v) is 4.32. The normalized spacial score (nSPS) is 11.0. The lowest BCUT2D eigenvalue weighted by atomic mass is 10.2. The maximum Gasteiger partial charge on any atom is 0.416 e. The number of benzene rings is 2. The molecule has 0 aliphatic heterocycles. The number of carbonyl (C=O) groups is 1. The second-order valence-electron chi connectivity index (χ2n) is 4.95. The Labute approximate surface area is 165 Å². The Balaban J connectivity index is 2.07. The molecule has 0 unspecified atom stereocenters. The molecule has 0 bridgehead atoms. The van der Waals surface area contributed by atoms with Gasteiger partial charge in [-0.25, -0.2) is 0 Å². The highest BCUT2D eigenvalue weighted by Gasteiger charge is 2.30. The monoisotopic (exact) mass is 466 g/mol. The maximum absolute atomic E-state index is 12.6. The van der Waals surface area contributed by atoms with E-state index in [0.717, 1.165) is 18.2 Å². The SMILES string of the molecule is COc1ccc(C(=O)NC(=S)Nc2ccc(C(F)(F)F)cc2Cl)cc1Br. The minimum atomic E-state index is -4.50. The fourth-order valence-electron chi connectivity index (χ4n) is 1.93. The topological polar surface area (TPSA) is 50.4 Å². The molecule has 0 atom stereocenters. The van der Waals surface area contributed by atoms with Gasteiger partial charge in [-0.3, -0.25) is 10.1 Å². The van der Waals surface area contributed by atoms with Crippen molar-refractivity contribution in [3.05, 3.63) is 57.0 Å². The lowest BCUT2D eigenvalue weighted by Crippen LogP contribution is -2.34. The molecular weight excluding hydrogens is 457 g/mol. The van der Waals surface area contributed by atoms with Crippen LogP contribution in [0.25, 0.3) is 0 Å². The molecule has 4 nitrogen and oxygen atoms in total. The molecule has 0 aliphatic carbocycles. The first-order valence-electron chi connectivity index (χ1n) is 6.94. The van der Waals surface area contributed by atoms with Crippen LogP contribution in [0.2, 0.25) is 5.02 Å². The number of amides is 1. The summed E-state index contributed by atoms with van der Waals surface area (Å²) >= 11 is 14.1. The summed E-state index contributed by atoms with van der Waals surface area (Å²) in [6, 6.07) is 7.44. The highest BCUT2D eigenvalue weighted by atomic mass is 79.9. The van der Waals surface area contributed by atoms with Crippen LogP contribution >= 0.6 is 39.7 Å². The minimum absolute atomic E-state index is 0.108. The Morgan fingerprint density at radius 3 is 2.46 bits per heavy atom. The number of hydrogen-bond acceptors (Lipinski definition) is 3. The van der Waals surface area contributed by atoms with Crippen molar-refractivity contribution in [2.75, 3.05) is 12.4 Å². The second kappa shape index (κ2) is 8.24. The molecule has 0 saturated carbocycles. The Bertz CT molecular complexity index is 862. The smallest absolute Gasteiger partial charge is 0.416 e. The number of hydrogen-bond donors (Lipinski definition) is 2. The van der Waals surface area contributed by atoms with Crippen molar-refractivity contribution in [3.8, 4) is 5.75 Å². The molecule has 0 saturated heterocycles. The average molecular weight is 468 g/mol. The fourth-order valence-corrected chi connectivity index (χ4v) is 2.90. The molecule has 10 heteroatoms. The van der Waals surface area contributed by atoms with Crippen LogP contribution in [0.4, 0.5) is 18.9 Å². The molecule has 2 N–H and O–H groups in total. The molecule has 0 aromatic heterocycles. The second-order valence-corrected chi connectivity index (χ2v) is 6.62.